The van der Waals surface area contributed by atoms with Crippen molar-refractivity contribution in [3.8, 4) is 0 Å². The average molecular weight is 305 g/mol. The van der Waals surface area contributed by atoms with E-state index >= 15 is 0 Å². The molecule has 1 fully saturated rings. The fourth-order valence-corrected chi connectivity index (χ4v) is 3.33. The summed E-state index contributed by atoms with van der Waals surface area (Å²) < 4.78 is 0. The average Bonchev–Trinajstić information content (AvgIpc) is 2.45. The standard InChI is InChI=1S/C17H23NO4/c1-10-12(7-8-18(4)17(10,2)3)14-9-11(15(19)20)5-6-13(14)16(21)22/h5-6,9-10,12H,7-8H2,1-4H3,(H,19,20)(H,21,22). The molecule has 0 radical (unpaired) electrons. The molecule has 5 heteroatoms. The Labute approximate surface area is 130 Å². The van der Waals surface area contributed by atoms with Gasteiger partial charge in [-0.25, -0.2) is 9.59 Å². The number of piperidine rings is 1. The van der Waals surface area contributed by atoms with E-state index in [2.05, 4.69) is 32.7 Å². The Kier molecular flexibility index (Phi) is 4.29. The normalized spacial score (nSPS) is 24.9. The Bertz CT molecular complexity index is 609. The van der Waals surface area contributed by atoms with Gasteiger partial charge in [0.05, 0.1) is 11.1 Å². The zero-order valence-electron chi connectivity index (χ0n) is 13.5. The minimum atomic E-state index is -1.03. The van der Waals surface area contributed by atoms with Crippen molar-refractivity contribution in [1.29, 1.82) is 0 Å². The van der Waals surface area contributed by atoms with Crippen molar-refractivity contribution >= 4 is 11.9 Å². The van der Waals surface area contributed by atoms with E-state index in [1.54, 1.807) is 0 Å². The van der Waals surface area contributed by atoms with Crippen molar-refractivity contribution in [2.45, 2.75) is 38.6 Å². The molecule has 0 aromatic heterocycles. The monoisotopic (exact) mass is 305 g/mol. The highest BCUT2D eigenvalue weighted by atomic mass is 16.4. The molecule has 1 heterocycles. The molecule has 0 saturated carbocycles. The predicted molar refractivity (Wildman–Crippen MR) is 83.6 cm³/mol. The van der Waals surface area contributed by atoms with Crippen LogP contribution in [0.2, 0.25) is 0 Å². The van der Waals surface area contributed by atoms with E-state index < -0.39 is 11.9 Å². The van der Waals surface area contributed by atoms with E-state index in [9.17, 15) is 19.8 Å². The van der Waals surface area contributed by atoms with E-state index in [0.717, 1.165) is 13.0 Å². The second-order valence-corrected chi connectivity index (χ2v) is 6.67. The van der Waals surface area contributed by atoms with Crippen LogP contribution >= 0.6 is 0 Å². The lowest BCUT2D eigenvalue weighted by Crippen LogP contribution is -2.53. The first kappa shape index (κ1) is 16.5. The molecule has 22 heavy (non-hydrogen) atoms. The van der Waals surface area contributed by atoms with Gasteiger partial charge in [-0.15, -0.1) is 0 Å². The van der Waals surface area contributed by atoms with Gasteiger partial charge in [-0.05, 0) is 69.5 Å². The topological polar surface area (TPSA) is 77.8 Å². The van der Waals surface area contributed by atoms with Gasteiger partial charge in [-0.1, -0.05) is 6.92 Å². The molecule has 1 aromatic rings. The van der Waals surface area contributed by atoms with Crippen LogP contribution in [0.25, 0.3) is 0 Å². The molecule has 0 spiro atoms. The summed E-state index contributed by atoms with van der Waals surface area (Å²) in [4.78, 5) is 25.0. The summed E-state index contributed by atoms with van der Waals surface area (Å²) in [6, 6.07) is 4.31. The molecule has 2 unspecified atom stereocenters. The Balaban J connectivity index is 2.52. The number of aromatic carboxylic acids is 2. The fourth-order valence-electron chi connectivity index (χ4n) is 3.33. The highest BCUT2D eigenvalue weighted by molar-refractivity contribution is 5.93. The Morgan fingerprint density at radius 3 is 2.41 bits per heavy atom. The highest BCUT2D eigenvalue weighted by Gasteiger charge is 2.41. The maximum Gasteiger partial charge on any atom is 0.335 e. The third kappa shape index (κ3) is 2.73. The molecule has 1 aromatic carbocycles. The lowest BCUT2D eigenvalue weighted by atomic mass is 9.69. The molecule has 2 N–H and O–H groups in total. The second kappa shape index (κ2) is 5.72. The molecule has 120 valence electrons. The van der Waals surface area contributed by atoms with E-state index in [1.807, 2.05) is 0 Å². The van der Waals surface area contributed by atoms with Crippen molar-refractivity contribution in [3.05, 3.63) is 34.9 Å². The number of rotatable bonds is 3. The summed E-state index contributed by atoms with van der Waals surface area (Å²) in [5.41, 5.74) is 0.921. The maximum absolute atomic E-state index is 11.5. The summed E-state index contributed by atoms with van der Waals surface area (Å²) in [7, 11) is 2.07. The Hall–Kier alpha value is -1.88. The molecule has 1 aliphatic rings. The smallest absolute Gasteiger partial charge is 0.335 e. The number of carboxylic acid groups (broad SMARTS) is 2. The summed E-state index contributed by atoms with van der Waals surface area (Å²) >= 11 is 0. The number of hydrogen-bond donors (Lipinski definition) is 2. The van der Waals surface area contributed by atoms with Crippen molar-refractivity contribution in [3.63, 3.8) is 0 Å². The number of hydrogen-bond acceptors (Lipinski definition) is 3. The zero-order chi connectivity index (χ0) is 16.7. The van der Waals surface area contributed by atoms with Crippen LogP contribution in [0.5, 0.6) is 0 Å². The van der Waals surface area contributed by atoms with Crippen LogP contribution in [0.3, 0.4) is 0 Å². The first-order valence-corrected chi connectivity index (χ1v) is 7.48. The van der Waals surface area contributed by atoms with Crippen LogP contribution in [-0.4, -0.2) is 46.2 Å². The third-order valence-corrected chi connectivity index (χ3v) is 5.41. The van der Waals surface area contributed by atoms with Gasteiger partial charge in [-0.3, -0.25) is 0 Å². The predicted octanol–water partition coefficient (Wildman–Crippen LogP) is 2.92. The van der Waals surface area contributed by atoms with Crippen LogP contribution in [-0.2, 0) is 0 Å². The molecule has 2 rings (SSSR count). The maximum atomic E-state index is 11.5. The lowest BCUT2D eigenvalue weighted by Gasteiger charge is -2.49. The fraction of sp³-hybridized carbons (Fsp3) is 0.529. The van der Waals surface area contributed by atoms with E-state index in [-0.39, 0.29) is 28.5 Å². The van der Waals surface area contributed by atoms with Crippen molar-refractivity contribution in [2.75, 3.05) is 13.6 Å². The van der Waals surface area contributed by atoms with Gasteiger partial charge in [0.1, 0.15) is 0 Å². The van der Waals surface area contributed by atoms with Gasteiger partial charge in [0, 0.05) is 5.54 Å². The van der Waals surface area contributed by atoms with Crippen LogP contribution in [0, 0.1) is 5.92 Å². The number of carbonyl (C=O) groups is 2. The summed E-state index contributed by atoms with van der Waals surface area (Å²) in [5, 5.41) is 18.6. The Morgan fingerprint density at radius 1 is 1.23 bits per heavy atom. The lowest BCUT2D eigenvalue weighted by molar-refractivity contribution is 0.0378. The molecule has 0 aliphatic carbocycles. The SMILES string of the molecule is CC1C(c2cc(C(=O)O)ccc2C(=O)O)CCN(C)C1(C)C. The third-order valence-electron chi connectivity index (χ3n) is 5.41. The first-order valence-electron chi connectivity index (χ1n) is 7.48. The van der Waals surface area contributed by atoms with Gasteiger partial charge >= 0.3 is 11.9 Å². The zero-order valence-corrected chi connectivity index (χ0v) is 13.5. The minimum absolute atomic E-state index is 0.0385. The van der Waals surface area contributed by atoms with Gasteiger partial charge in [-0.2, -0.15) is 0 Å². The summed E-state index contributed by atoms with van der Waals surface area (Å²) in [6.07, 6.45) is 0.824. The summed E-state index contributed by atoms with van der Waals surface area (Å²) in [5.74, 6) is -1.78. The molecule has 5 nitrogen and oxygen atoms in total. The quantitative estimate of drug-likeness (QED) is 0.897. The number of carboxylic acids is 2. The molecule has 0 amide bonds. The van der Waals surface area contributed by atoms with E-state index in [0.29, 0.717) is 5.56 Å². The van der Waals surface area contributed by atoms with Gasteiger partial charge in [0.15, 0.2) is 0 Å². The van der Waals surface area contributed by atoms with E-state index in [1.165, 1.54) is 18.2 Å². The summed E-state index contributed by atoms with van der Waals surface area (Å²) in [6.45, 7) is 7.26. The molecular weight excluding hydrogens is 282 g/mol. The van der Waals surface area contributed by atoms with Gasteiger partial charge in [0.2, 0.25) is 0 Å². The van der Waals surface area contributed by atoms with Crippen LogP contribution in [0.4, 0.5) is 0 Å². The molecule has 0 bridgehead atoms. The largest absolute Gasteiger partial charge is 0.478 e. The van der Waals surface area contributed by atoms with Crippen molar-refractivity contribution < 1.29 is 19.8 Å². The number of nitrogens with zero attached hydrogens (tertiary/aromatic N) is 1. The van der Waals surface area contributed by atoms with Crippen molar-refractivity contribution in [2.24, 2.45) is 5.92 Å². The van der Waals surface area contributed by atoms with Crippen LogP contribution in [0.15, 0.2) is 18.2 Å². The van der Waals surface area contributed by atoms with E-state index in [4.69, 9.17) is 0 Å². The van der Waals surface area contributed by atoms with Crippen molar-refractivity contribution in [1.82, 2.24) is 4.90 Å². The molecule has 2 atom stereocenters. The highest BCUT2D eigenvalue weighted by Crippen LogP contribution is 2.43. The molecule has 1 saturated heterocycles. The molecular formula is C17H23NO4. The van der Waals surface area contributed by atoms with Gasteiger partial charge in [0.25, 0.3) is 0 Å². The molecule has 1 aliphatic heterocycles. The minimum Gasteiger partial charge on any atom is -0.478 e. The Morgan fingerprint density at radius 2 is 1.86 bits per heavy atom. The van der Waals surface area contributed by atoms with Crippen LogP contribution in [0.1, 0.15) is 59.4 Å². The van der Waals surface area contributed by atoms with Gasteiger partial charge < -0.3 is 15.1 Å². The van der Waals surface area contributed by atoms with Crippen LogP contribution < -0.4 is 0 Å². The first-order chi connectivity index (χ1) is 10.2. The number of benzene rings is 1. The number of likely N-dealkylation sites (tertiary alicyclic amines) is 1. The second-order valence-electron chi connectivity index (χ2n) is 6.67.